The Bertz CT molecular complexity index is 1010. The maximum Gasteiger partial charge on any atom is 0.268 e. The van der Waals surface area contributed by atoms with Crippen LogP contribution in [-0.4, -0.2) is 68.5 Å². The Balaban J connectivity index is 4.54. The number of allylic oxidation sites excluding steroid dienone is 7. The Morgan fingerprint density at radius 1 is 0.660 bits per heavy atom. The summed E-state index contributed by atoms with van der Waals surface area (Å²) in [6.45, 7) is 4.55. The van der Waals surface area contributed by atoms with Crippen molar-refractivity contribution in [3.05, 3.63) is 48.6 Å². The van der Waals surface area contributed by atoms with Crippen molar-refractivity contribution in [2.24, 2.45) is 0 Å². The van der Waals surface area contributed by atoms with Crippen molar-refractivity contribution in [1.82, 2.24) is 5.32 Å². The monoisotopic (exact) mass is 767 g/mol. The lowest BCUT2D eigenvalue weighted by molar-refractivity contribution is -0.870. The number of likely N-dealkylation sites (N-methyl/N-ethyl adjacent to an activating group) is 1. The van der Waals surface area contributed by atoms with Gasteiger partial charge in [-0.25, -0.2) is 0 Å². The molecular formula is C44H83N2O6P. The highest BCUT2D eigenvalue weighted by Gasteiger charge is 2.23. The van der Waals surface area contributed by atoms with Crippen LogP contribution in [0.3, 0.4) is 0 Å². The van der Waals surface area contributed by atoms with E-state index >= 15 is 0 Å². The lowest BCUT2D eigenvalue weighted by Gasteiger charge is -2.29. The summed E-state index contributed by atoms with van der Waals surface area (Å²) < 4.78 is 23.1. The van der Waals surface area contributed by atoms with Crippen molar-refractivity contribution < 1.29 is 32.9 Å². The Hall–Kier alpha value is -1.54. The average molecular weight is 767 g/mol. The minimum atomic E-state index is -4.60. The van der Waals surface area contributed by atoms with E-state index in [1.54, 1.807) is 6.08 Å². The van der Waals surface area contributed by atoms with Crippen molar-refractivity contribution in [3.63, 3.8) is 0 Å². The number of hydrogen-bond acceptors (Lipinski definition) is 6. The molecule has 2 N–H and O–H groups in total. The van der Waals surface area contributed by atoms with Crippen LogP contribution in [0.5, 0.6) is 0 Å². The second-order valence-corrected chi connectivity index (χ2v) is 17.1. The zero-order valence-corrected chi connectivity index (χ0v) is 35.8. The minimum Gasteiger partial charge on any atom is -0.756 e. The van der Waals surface area contributed by atoms with E-state index in [0.717, 1.165) is 64.2 Å². The molecule has 0 aliphatic rings. The summed E-state index contributed by atoms with van der Waals surface area (Å²) in [5.74, 6) is -0.224. The zero-order valence-electron chi connectivity index (χ0n) is 35.0. The van der Waals surface area contributed by atoms with Crippen LogP contribution in [0.25, 0.3) is 0 Å². The van der Waals surface area contributed by atoms with Crippen LogP contribution in [0.1, 0.15) is 174 Å². The van der Waals surface area contributed by atoms with Gasteiger partial charge in [0.15, 0.2) is 0 Å². The Labute approximate surface area is 327 Å². The first-order valence-corrected chi connectivity index (χ1v) is 23.0. The van der Waals surface area contributed by atoms with Crippen molar-refractivity contribution in [1.29, 1.82) is 0 Å². The summed E-state index contributed by atoms with van der Waals surface area (Å²) in [5.41, 5.74) is 0. The number of hydrogen-bond donors (Lipinski definition) is 2. The van der Waals surface area contributed by atoms with E-state index < -0.39 is 26.6 Å². The average Bonchev–Trinajstić information content (AvgIpc) is 3.10. The second-order valence-electron chi connectivity index (χ2n) is 15.7. The van der Waals surface area contributed by atoms with Gasteiger partial charge in [-0.3, -0.25) is 9.36 Å². The van der Waals surface area contributed by atoms with E-state index in [1.165, 1.54) is 89.9 Å². The summed E-state index contributed by atoms with van der Waals surface area (Å²) in [6.07, 6.45) is 44.4. The third-order valence-corrected chi connectivity index (χ3v) is 10.2. The fraction of sp³-hybridized carbons (Fsp3) is 0.795. The standard InChI is InChI=1S/C44H83N2O6P/c1-6-8-10-12-14-16-18-20-22-23-24-25-27-29-31-33-35-37-43(47)42(41-52-53(49,50)51-40-39-46(3,4)5)45-44(48)38-36-34-32-30-28-26-21-19-17-15-13-11-9-7-2/h13,15,19,21,27,29,35,37,42-43,47H,6-12,14,16-18,20,22-26,28,30-34,36,38-41H2,1-5H3,(H-,45,48,49,50)/b15-13-,21-19-,29-27+,37-35+. The van der Waals surface area contributed by atoms with E-state index in [4.69, 9.17) is 9.05 Å². The number of aliphatic hydroxyl groups is 1. The van der Waals surface area contributed by atoms with E-state index in [-0.39, 0.29) is 12.5 Å². The van der Waals surface area contributed by atoms with Crippen LogP contribution in [0.15, 0.2) is 48.6 Å². The Morgan fingerprint density at radius 3 is 1.70 bits per heavy atom. The number of amides is 1. The van der Waals surface area contributed by atoms with Gasteiger partial charge in [-0.05, 0) is 57.8 Å². The summed E-state index contributed by atoms with van der Waals surface area (Å²) in [4.78, 5) is 25.2. The number of quaternary nitrogens is 1. The highest BCUT2D eigenvalue weighted by atomic mass is 31.2. The number of rotatable bonds is 38. The summed E-state index contributed by atoms with van der Waals surface area (Å²) in [7, 11) is 1.23. The number of unbranched alkanes of at least 4 members (excludes halogenated alkanes) is 19. The molecule has 8 nitrogen and oxygen atoms in total. The number of carbonyl (C=O) groups is 1. The van der Waals surface area contributed by atoms with Gasteiger partial charge in [0.05, 0.1) is 39.9 Å². The van der Waals surface area contributed by atoms with Gasteiger partial charge in [-0.2, -0.15) is 0 Å². The fourth-order valence-corrected chi connectivity index (χ4v) is 6.49. The molecule has 0 spiro atoms. The molecule has 3 atom stereocenters. The highest BCUT2D eigenvalue weighted by molar-refractivity contribution is 7.45. The molecule has 0 fully saturated rings. The van der Waals surface area contributed by atoms with Gasteiger partial charge in [0.25, 0.3) is 7.82 Å². The van der Waals surface area contributed by atoms with Gasteiger partial charge >= 0.3 is 0 Å². The molecule has 1 amide bonds. The van der Waals surface area contributed by atoms with E-state index in [1.807, 2.05) is 27.2 Å². The number of nitrogens with zero attached hydrogens (tertiary/aromatic N) is 1. The number of aliphatic hydroxyl groups excluding tert-OH is 1. The smallest absolute Gasteiger partial charge is 0.268 e. The van der Waals surface area contributed by atoms with Crippen molar-refractivity contribution in [2.45, 2.75) is 187 Å². The maximum atomic E-state index is 12.8. The van der Waals surface area contributed by atoms with Crippen molar-refractivity contribution >= 4 is 13.7 Å². The summed E-state index contributed by atoms with van der Waals surface area (Å²) in [6, 6.07) is -0.909. The first-order valence-electron chi connectivity index (χ1n) is 21.5. The Morgan fingerprint density at radius 2 is 1.13 bits per heavy atom. The molecule has 3 unspecified atom stereocenters. The predicted octanol–water partition coefficient (Wildman–Crippen LogP) is 11.1. The molecule has 0 saturated heterocycles. The number of phosphoric acid groups is 1. The van der Waals surface area contributed by atoms with Crippen molar-refractivity contribution in [2.75, 3.05) is 40.9 Å². The van der Waals surface area contributed by atoms with Gasteiger partial charge < -0.3 is 28.8 Å². The van der Waals surface area contributed by atoms with Crippen LogP contribution in [0.2, 0.25) is 0 Å². The molecule has 0 bridgehead atoms. The molecule has 0 radical (unpaired) electrons. The quantitative estimate of drug-likeness (QED) is 0.0280. The number of nitrogens with one attached hydrogen (secondary N) is 1. The lowest BCUT2D eigenvalue weighted by Crippen LogP contribution is -2.45. The first-order chi connectivity index (χ1) is 25.5. The van der Waals surface area contributed by atoms with Crippen molar-refractivity contribution in [3.8, 4) is 0 Å². The molecule has 9 heteroatoms. The predicted molar refractivity (Wildman–Crippen MR) is 224 cm³/mol. The van der Waals surface area contributed by atoms with Crippen LogP contribution < -0.4 is 10.2 Å². The van der Waals surface area contributed by atoms with E-state index in [2.05, 4.69) is 55.6 Å². The molecule has 0 rings (SSSR count). The largest absolute Gasteiger partial charge is 0.756 e. The van der Waals surface area contributed by atoms with Gasteiger partial charge in [0.1, 0.15) is 13.2 Å². The summed E-state index contributed by atoms with van der Waals surface area (Å²) in [5, 5.41) is 13.7. The molecule has 0 aromatic heterocycles. The van der Waals surface area contributed by atoms with Crippen LogP contribution in [-0.2, 0) is 18.4 Å². The molecule has 0 aromatic carbocycles. The van der Waals surface area contributed by atoms with Crippen LogP contribution in [0.4, 0.5) is 0 Å². The third kappa shape index (κ3) is 38.5. The molecular weight excluding hydrogens is 683 g/mol. The molecule has 0 aliphatic carbocycles. The molecule has 53 heavy (non-hydrogen) atoms. The van der Waals surface area contributed by atoms with Gasteiger partial charge in [0.2, 0.25) is 5.91 Å². The summed E-state index contributed by atoms with van der Waals surface area (Å²) >= 11 is 0. The van der Waals surface area contributed by atoms with E-state index in [9.17, 15) is 19.4 Å². The Kier molecular flexibility index (Phi) is 35.1. The first kappa shape index (κ1) is 51.5. The number of phosphoric ester groups is 1. The molecule has 0 aromatic rings. The minimum absolute atomic E-state index is 0.0106. The highest BCUT2D eigenvalue weighted by Crippen LogP contribution is 2.38. The molecule has 0 saturated carbocycles. The lowest BCUT2D eigenvalue weighted by atomic mass is 10.1. The van der Waals surface area contributed by atoms with Gasteiger partial charge in [0, 0.05) is 6.42 Å². The van der Waals surface area contributed by atoms with E-state index in [0.29, 0.717) is 17.4 Å². The third-order valence-electron chi connectivity index (χ3n) is 9.26. The molecule has 0 aliphatic heterocycles. The van der Waals surface area contributed by atoms with Crippen LogP contribution in [0, 0.1) is 0 Å². The fourth-order valence-electron chi connectivity index (χ4n) is 5.77. The maximum absolute atomic E-state index is 12.8. The van der Waals surface area contributed by atoms with Gasteiger partial charge in [-0.1, -0.05) is 159 Å². The molecule has 310 valence electrons. The normalized spacial score (nSPS) is 14.9. The van der Waals surface area contributed by atoms with Crippen LogP contribution >= 0.6 is 7.82 Å². The molecule has 0 heterocycles. The van der Waals surface area contributed by atoms with Gasteiger partial charge in [-0.15, -0.1) is 0 Å². The number of carbonyl (C=O) groups excluding carboxylic acids is 1. The zero-order chi connectivity index (χ0) is 39.3. The SMILES string of the molecule is CCCC/C=C\C/C=C\CCCCCCCC(=O)NC(COP(=O)([O-])OCC[N+](C)(C)C)C(O)/C=C/CC/C=C/CCCCCCCCCCCCC. The second kappa shape index (κ2) is 36.1. The topological polar surface area (TPSA) is 108 Å².